The summed E-state index contributed by atoms with van der Waals surface area (Å²) in [6.07, 6.45) is 48.0. The molecule has 1 aromatic carbocycles. The van der Waals surface area contributed by atoms with Crippen molar-refractivity contribution in [3.63, 3.8) is 0 Å². The van der Waals surface area contributed by atoms with Crippen LogP contribution >= 0.6 is 0 Å². The van der Waals surface area contributed by atoms with Crippen molar-refractivity contribution in [1.82, 2.24) is 4.90 Å². The largest absolute Gasteiger partial charge is 0.508 e. The Kier molecular flexibility index (Phi) is 35.7. The van der Waals surface area contributed by atoms with Crippen molar-refractivity contribution in [3.8, 4) is 11.5 Å². The van der Waals surface area contributed by atoms with Gasteiger partial charge in [-0.15, -0.1) is 0 Å². The van der Waals surface area contributed by atoms with Gasteiger partial charge >= 0.3 is 6.16 Å². The molecule has 0 spiro atoms. The van der Waals surface area contributed by atoms with Crippen LogP contribution < -0.4 is 9.47 Å². The lowest BCUT2D eigenvalue weighted by Crippen LogP contribution is -2.16. The van der Waals surface area contributed by atoms with Gasteiger partial charge in [-0.05, 0) is 115 Å². The highest BCUT2D eigenvalue weighted by molar-refractivity contribution is 5.60. The summed E-state index contributed by atoms with van der Waals surface area (Å²) in [6.45, 7) is 7.16. The van der Waals surface area contributed by atoms with Gasteiger partial charge in [-0.2, -0.15) is 0 Å². The summed E-state index contributed by atoms with van der Waals surface area (Å²) >= 11 is 0. The minimum Gasteiger partial charge on any atom is -0.493 e. The molecule has 0 fully saturated rings. The molecule has 0 heterocycles. The maximum Gasteiger partial charge on any atom is 0.508 e. The maximum atomic E-state index is 12.2. The molecule has 0 bridgehead atoms. The summed E-state index contributed by atoms with van der Waals surface area (Å²) in [6, 6.07) is 5.86. The molecule has 1 aromatic rings. The third kappa shape index (κ3) is 35.2. The molecule has 6 heteroatoms. The lowest BCUT2D eigenvalue weighted by atomic mass is 10.1. The van der Waals surface area contributed by atoms with Gasteiger partial charge in [0.1, 0.15) is 18.1 Å². The van der Waals surface area contributed by atoms with E-state index < -0.39 is 6.16 Å². The molecule has 0 radical (unpaired) electrons. The van der Waals surface area contributed by atoms with E-state index in [4.69, 9.17) is 18.9 Å². The molecule has 314 valence electrons. The number of hydrogen-bond acceptors (Lipinski definition) is 6. The number of carbonyl (C=O) groups excluding carboxylic acids is 1. The molecule has 55 heavy (non-hydrogen) atoms. The van der Waals surface area contributed by atoms with Crippen molar-refractivity contribution < 1.29 is 23.7 Å². The maximum absolute atomic E-state index is 12.2. The second-order valence-electron chi connectivity index (χ2n) is 15.2. The van der Waals surface area contributed by atoms with Crippen LogP contribution in [0.25, 0.3) is 0 Å². The van der Waals surface area contributed by atoms with Crippen LogP contribution in [0.1, 0.15) is 180 Å². The van der Waals surface area contributed by atoms with Crippen LogP contribution in [0.2, 0.25) is 0 Å². The number of allylic oxidation sites excluding steroid dienone is 8. The van der Waals surface area contributed by atoms with Gasteiger partial charge in [0.05, 0.1) is 19.8 Å². The molecule has 0 aliphatic heterocycles. The van der Waals surface area contributed by atoms with Crippen molar-refractivity contribution in [2.75, 3.05) is 40.5 Å². The fourth-order valence-electron chi connectivity index (χ4n) is 6.16. The Morgan fingerprint density at radius 1 is 0.491 bits per heavy atom. The van der Waals surface area contributed by atoms with Gasteiger partial charge in [0, 0.05) is 12.6 Å². The summed E-state index contributed by atoms with van der Waals surface area (Å²) in [5.41, 5.74) is 0.840. The summed E-state index contributed by atoms with van der Waals surface area (Å²) in [5.74, 6) is 1.52. The molecule has 0 unspecified atom stereocenters. The molecule has 0 atom stereocenters. The Hall–Kier alpha value is -2.99. The van der Waals surface area contributed by atoms with Crippen molar-refractivity contribution in [1.29, 1.82) is 0 Å². The molecule has 0 amide bonds. The first kappa shape index (κ1) is 50.0. The number of ether oxygens (including phenoxy) is 4. The summed E-state index contributed by atoms with van der Waals surface area (Å²) in [7, 11) is 4.00. The zero-order valence-corrected chi connectivity index (χ0v) is 36.1. The molecule has 0 saturated carbocycles. The van der Waals surface area contributed by atoms with E-state index in [2.05, 4.69) is 67.4 Å². The zero-order chi connectivity index (χ0) is 39.7. The molecule has 6 nitrogen and oxygen atoms in total. The Labute approximate surface area is 339 Å². The molecule has 0 saturated heterocycles. The normalized spacial score (nSPS) is 11.9. The Bertz CT molecular complexity index is 1060. The summed E-state index contributed by atoms with van der Waals surface area (Å²) in [5, 5.41) is 0. The van der Waals surface area contributed by atoms with Crippen molar-refractivity contribution in [3.05, 3.63) is 72.4 Å². The molecule has 0 aliphatic carbocycles. The van der Waals surface area contributed by atoms with Crippen molar-refractivity contribution >= 4 is 6.16 Å². The van der Waals surface area contributed by atoms with Gasteiger partial charge in [-0.25, -0.2) is 4.79 Å². The van der Waals surface area contributed by atoms with E-state index in [1.807, 2.05) is 32.3 Å². The zero-order valence-electron chi connectivity index (χ0n) is 36.1. The van der Waals surface area contributed by atoms with E-state index >= 15 is 0 Å². The fraction of sp³-hybridized carbons (Fsp3) is 0.694. The molecule has 0 aliphatic rings. The van der Waals surface area contributed by atoms with Crippen LogP contribution in [0.5, 0.6) is 11.5 Å². The minimum absolute atomic E-state index is 0.121. The quantitative estimate of drug-likeness (QED) is 0.0380. The number of nitrogens with zero attached hydrogens (tertiary/aromatic N) is 1. The predicted octanol–water partition coefficient (Wildman–Crippen LogP) is 14.7. The van der Waals surface area contributed by atoms with E-state index in [-0.39, 0.29) is 6.61 Å². The van der Waals surface area contributed by atoms with Gasteiger partial charge in [-0.3, -0.25) is 0 Å². The van der Waals surface area contributed by atoms with Gasteiger partial charge < -0.3 is 23.8 Å². The molecule has 0 aromatic heterocycles. The highest BCUT2D eigenvalue weighted by atomic mass is 16.7. The highest BCUT2D eigenvalue weighted by Gasteiger charge is 2.09. The van der Waals surface area contributed by atoms with Crippen molar-refractivity contribution in [2.45, 2.75) is 181 Å². The van der Waals surface area contributed by atoms with Crippen LogP contribution in [-0.2, 0) is 16.1 Å². The Morgan fingerprint density at radius 2 is 0.909 bits per heavy atom. The average molecular weight is 766 g/mol. The topological polar surface area (TPSA) is 57.2 Å². The molecular weight excluding hydrogens is 683 g/mol. The van der Waals surface area contributed by atoms with Crippen LogP contribution in [0, 0.1) is 0 Å². The second kappa shape index (κ2) is 39.3. The minimum atomic E-state index is -0.643. The number of benzene rings is 1. The third-order valence-corrected chi connectivity index (χ3v) is 9.49. The lowest BCUT2D eigenvalue weighted by Gasteiger charge is -2.13. The van der Waals surface area contributed by atoms with Gasteiger partial charge in [0.2, 0.25) is 0 Å². The average Bonchev–Trinajstić information content (AvgIpc) is 3.18. The first-order chi connectivity index (χ1) is 27.0. The molecular formula is C49H83NO5. The monoisotopic (exact) mass is 766 g/mol. The van der Waals surface area contributed by atoms with E-state index in [9.17, 15) is 4.79 Å². The van der Waals surface area contributed by atoms with Crippen LogP contribution in [0.4, 0.5) is 4.79 Å². The van der Waals surface area contributed by atoms with Gasteiger partial charge in [0.25, 0.3) is 0 Å². The number of hydrogen-bond donors (Lipinski definition) is 0. The Morgan fingerprint density at radius 3 is 1.35 bits per heavy atom. The number of rotatable bonds is 38. The first-order valence-electron chi connectivity index (χ1n) is 22.5. The van der Waals surface area contributed by atoms with Gasteiger partial charge in [0.15, 0.2) is 0 Å². The van der Waals surface area contributed by atoms with E-state index in [1.54, 1.807) is 0 Å². The highest BCUT2D eigenvalue weighted by Crippen LogP contribution is 2.25. The van der Waals surface area contributed by atoms with Gasteiger partial charge in [-0.1, -0.05) is 140 Å². The second-order valence-corrected chi connectivity index (χ2v) is 15.2. The SMILES string of the molecule is CCCCCC=CCC=CCCCCCCCCOc1cc(COC(=O)OCCCN(C)C)cc(OCCCCCCCCC=CCC=CCCCCC)c1. The van der Waals surface area contributed by atoms with Crippen molar-refractivity contribution in [2.24, 2.45) is 0 Å². The summed E-state index contributed by atoms with van der Waals surface area (Å²) in [4.78, 5) is 14.3. The Balaban J connectivity index is 2.34. The molecule has 0 N–H and O–H groups in total. The summed E-state index contributed by atoms with van der Waals surface area (Å²) < 4.78 is 23.0. The predicted molar refractivity (Wildman–Crippen MR) is 235 cm³/mol. The smallest absolute Gasteiger partial charge is 0.493 e. The first-order valence-corrected chi connectivity index (χ1v) is 22.5. The van der Waals surface area contributed by atoms with E-state index in [0.29, 0.717) is 19.8 Å². The van der Waals surface area contributed by atoms with E-state index in [1.165, 1.54) is 116 Å². The fourth-order valence-corrected chi connectivity index (χ4v) is 6.16. The van der Waals surface area contributed by atoms with E-state index in [0.717, 1.165) is 68.6 Å². The molecule has 1 rings (SSSR count). The van der Waals surface area contributed by atoms with Crippen LogP contribution in [0.15, 0.2) is 66.8 Å². The lowest BCUT2D eigenvalue weighted by molar-refractivity contribution is 0.0479. The van der Waals surface area contributed by atoms with Crippen LogP contribution in [0.3, 0.4) is 0 Å². The standard InChI is InChI=1S/C49H83NO5/c1-5-7-9-11-13-15-17-19-21-23-25-27-29-31-33-35-39-52-47-42-46(45-55-49(51)54-41-37-38-50(3)4)43-48(44-47)53-40-36-34-32-30-28-26-24-22-20-18-16-14-12-10-8-6-2/h13-16,19-22,42-44H,5-12,17-18,23-41,45H2,1-4H3. The number of unbranched alkanes of at least 4 members (excludes halogenated alkanes) is 18. The third-order valence-electron chi connectivity index (χ3n) is 9.49. The number of carbonyl (C=O) groups is 1. The van der Waals surface area contributed by atoms with Crippen LogP contribution in [-0.4, -0.2) is 51.5 Å².